The molecule has 3 aliphatic rings. The van der Waals surface area contributed by atoms with Crippen molar-refractivity contribution < 1.29 is 44.6 Å². The average Bonchev–Trinajstić information content (AvgIpc) is 3.06. The fourth-order valence-electron chi connectivity index (χ4n) is 8.20. The lowest BCUT2D eigenvalue weighted by Gasteiger charge is -2.41. The lowest BCUT2D eigenvalue weighted by molar-refractivity contribution is -0.137. The predicted octanol–water partition coefficient (Wildman–Crippen LogP) is 10.5. The van der Waals surface area contributed by atoms with Crippen LogP contribution in [0.4, 0.5) is 45.5 Å². The molecule has 1 N–H and O–H groups in total. The van der Waals surface area contributed by atoms with Crippen molar-refractivity contribution in [2.24, 2.45) is 5.41 Å². The minimum atomic E-state index is -4.62. The van der Waals surface area contributed by atoms with Crippen LogP contribution in [-0.4, -0.2) is 45.2 Å². The highest BCUT2D eigenvalue weighted by atomic mass is 19.4. The summed E-state index contributed by atoms with van der Waals surface area (Å²) in [5.74, 6) is -3.28. The Hall–Kier alpha value is -3.42. The molecule has 2 atom stereocenters. The fourth-order valence-corrected chi connectivity index (χ4v) is 8.20. The number of piperidine rings is 1. The highest BCUT2D eigenvalue weighted by molar-refractivity contribution is 5.51. The van der Waals surface area contributed by atoms with Crippen LogP contribution in [0.3, 0.4) is 0 Å². The molecule has 2 unspecified atom stereocenters. The van der Waals surface area contributed by atoms with Gasteiger partial charge in [-0.25, -0.2) is 23.1 Å². The summed E-state index contributed by atoms with van der Waals surface area (Å²) in [6.45, 7) is 4.87. The number of aryl methyl sites for hydroxylation is 1. The first kappa shape index (κ1) is 38.3. The summed E-state index contributed by atoms with van der Waals surface area (Å²) in [5, 5.41) is 11.6. The Morgan fingerprint density at radius 3 is 2.08 bits per heavy atom. The molecule has 0 spiro atoms. The van der Waals surface area contributed by atoms with Crippen LogP contribution in [0, 0.1) is 5.41 Å². The molecule has 1 saturated heterocycles. The quantitative estimate of drug-likeness (QED) is 0.233. The molecule has 0 bridgehead atoms. The Kier molecular flexibility index (Phi) is 10.6. The van der Waals surface area contributed by atoms with E-state index in [1.807, 2.05) is 18.7 Å². The molecule has 52 heavy (non-hydrogen) atoms. The normalized spacial score (nSPS) is 21.9. The summed E-state index contributed by atoms with van der Waals surface area (Å²) in [5.41, 5.74) is 1.41. The molecule has 2 aliphatic carbocycles. The molecular formula is C38H43F9N4O. The minimum Gasteiger partial charge on any atom is -0.388 e. The molecule has 0 amide bonds. The van der Waals surface area contributed by atoms with Gasteiger partial charge in [0.2, 0.25) is 11.9 Å². The van der Waals surface area contributed by atoms with Crippen molar-refractivity contribution in [3.63, 3.8) is 0 Å². The number of benzene rings is 1. The molecule has 14 heteroatoms. The second kappa shape index (κ2) is 14.4. The average molecular weight is 743 g/mol. The number of fused-ring (bicyclic) bond motifs is 1. The number of nitrogens with zero attached hydrogens (tertiary/aromatic N) is 4. The van der Waals surface area contributed by atoms with Gasteiger partial charge in [-0.1, -0.05) is 26.0 Å². The molecule has 6 rings (SSSR count). The maximum Gasteiger partial charge on any atom is 0.416 e. The van der Waals surface area contributed by atoms with Crippen LogP contribution < -0.4 is 4.90 Å². The standard InChI is InChI=1S/C38H43F9N4O/c1-35(2)18-27-30(28(52)19-35)29(23-9-14-36(40,41)15-10-23)31(32(39)24-5-7-26(8-6-24)38(45,46)47)33(50-27)25-11-16-51(17-12-25)34-48-20-22(21-49-34)4-3-13-37(42,43)44/h5-8,20-21,23,25,28,32,52H,3-4,9-19H2,1-2H3. The van der Waals surface area contributed by atoms with Crippen LogP contribution in [0.15, 0.2) is 36.7 Å². The van der Waals surface area contributed by atoms with E-state index in [4.69, 9.17) is 4.98 Å². The smallest absolute Gasteiger partial charge is 0.388 e. The van der Waals surface area contributed by atoms with E-state index < -0.39 is 61.3 Å². The first-order valence-corrected chi connectivity index (χ1v) is 17.9. The van der Waals surface area contributed by atoms with E-state index in [-0.39, 0.29) is 48.1 Å². The van der Waals surface area contributed by atoms with E-state index in [9.17, 15) is 40.2 Å². The molecule has 0 radical (unpaired) electrons. The predicted molar refractivity (Wildman–Crippen MR) is 177 cm³/mol. The van der Waals surface area contributed by atoms with Crippen molar-refractivity contribution in [2.75, 3.05) is 18.0 Å². The largest absolute Gasteiger partial charge is 0.416 e. The van der Waals surface area contributed by atoms with Crippen molar-refractivity contribution in [1.82, 2.24) is 15.0 Å². The monoisotopic (exact) mass is 742 g/mol. The van der Waals surface area contributed by atoms with E-state index >= 15 is 4.39 Å². The Labute approximate surface area is 297 Å². The summed E-state index contributed by atoms with van der Waals surface area (Å²) >= 11 is 0. The molecule has 1 saturated carbocycles. The zero-order chi connectivity index (χ0) is 37.6. The number of hydrogen-bond donors (Lipinski definition) is 1. The number of aliphatic hydroxyl groups excluding tert-OH is 1. The summed E-state index contributed by atoms with van der Waals surface area (Å²) in [6.07, 6.45) is -8.47. The van der Waals surface area contributed by atoms with Crippen LogP contribution >= 0.6 is 0 Å². The van der Waals surface area contributed by atoms with E-state index in [2.05, 4.69) is 9.97 Å². The van der Waals surface area contributed by atoms with Gasteiger partial charge < -0.3 is 10.0 Å². The van der Waals surface area contributed by atoms with Crippen LogP contribution in [0.1, 0.15) is 141 Å². The van der Waals surface area contributed by atoms with Gasteiger partial charge in [0.05, 0.1) is 17.4 Å². The number of rotatable bonds is 8. The van der Waals surface area contributed by atoms with Crippen LogP contribution in [0.2, 0.25) is 0 Å². The SMILES string of the molecule is CC1(C)Cc2nc(C3CCN(c4ncc(CCCC(F)(F)F)cn4)CC3)c(C(F)c3ccc(C(F)(F)F)cc3)c(C3CCC(F)(F)CC3)c2C(O)C1. The zero-order valence-electron chi connectivity index (χ0n) is 29.1. The van der Waals surface area contributed by atoms with Gasteiger partial charge in [-0.05, 0) is 91.5 Å². The molecule has 3 aromatic rings. The third kappa shape index (κ3) is 8.68. The molecular weight excluding hydrogens is 699 g/mol. The fraction of sp³-hybridized carbons (Fsp3) is 0.605. The highest BCUT2D eigenvalue weighted by Gasteiger charge is 2.44. The molecule has 1 aliphatic heterocycles. The Morgan fingerprint density at radius 1 is 0.885 bits per heavy atom. The minimum absolute atomic E-state index is 0.0230. The number of hydrogen-bond acceptors (Lipinski definition) is 5. The molecule has 284 valence electrons. The van der Waals surface area contributed by atoms with Crippen LogP contribution in [0.25, 0.3) is 0 Å². The van der Waals surface area contributed by atoms with Crippen LogP contribution in [0.5, 0.6) is 0 Å². The van der Waals surface area contributed by atoms with Gasteiger partial charge in [0.1, 0.15) is 0 Å². The number of anilines is 1. The van der Waals surface area contributed by atoms with Gasteiger partial charge in [0.25, 0.3) is 0 Å². The highest BCUT2D eigenvalue weighted by Crippen LogP contribution is 2.52. The van der Waals surface area contributed by atoms with E-state index in [0.717, 1.165) is 24.3 Å². The number of alkyl halides is 9. The third-order valence-corrected chi connectivity index (χ3v) is 10.8. The Morgan fingerprint density at radius 2 is 1.50 bits per heavy atom. The molecule has 5 nitrogen and oxygen atoms in total. The van der Waals surface area contributed by atoms with Crippen molar-refractivity contribution >= 4 is 5.95 Å². The van der Waals surface area contributed by atoms with Gasteiger partial charge in [0.15, 0.2) is 6.17 Å². The summed E-state index contributed by atoms with van der Waals surface area (Å²) in [6, 6.07) is 3.85. The maximum atomic E-state index is 17.2. The summed E-state index contributed by atoms with van der Waals surface area (Å²) in [7, 11) is 0. The van der Waals surface area contributed by atoms with Crippen molar-refractivity contribution in [3.8, 4) is 0 Å². The number of aromatic nitrogens is 3. The third-order valence-electron chi connectivity index (χ3n) is 10.8. The van der Waals surface area contributed by atoms with Crippen LogP contribution in [-0.2, 0) is 19.0 Å². The topological polar surface area (TPSA) is 62.1 Å². The van der Waals surface area contributed by atoms with Gasteiger partial charge in [-0.2, -0.15) is 26.3 Å². The second-order valence-corrected chi connectivity index (χ2v) is 15.5. The maximum absolute atomic E-state index is 17.2. The first-order valence-electron chi connectivity index (χ1n) is 17.9. The molecule has 3 heterocycles. The van der Waals surface area contributed by atoms with E-state index in [1.165, 1.54) is 12.4 Å². The van der Waals surface area contributed by atoms with Gasteiger partial charge in [-0.3, -0.25) is 4.98 Å². The van der Waals surface area contributed by atoms with E-state index in [0.29, 0.717) is 72.8 Å². The van der Waals surface area contributed by atoms with Gasteiger partial charge in [-0.15, -0.1) is 0 Å². The summed E-state index contributed by atoms with van der Waals surface area (Å²) < 4.78 is 124. The van der Waals surface area contributed by atoms with Gasteiger partial charge >= 0.3 is 12.4 Å². The first-order chi connectivity index (χ1) is 24.3. The number of halogens is 9. The Bertz CT molecular complexity index is 1690. The zero-order valence-corrected chi connectivity index (χ0v) is 29.1. The van der Waals surface area contributed by atoms with Crippen molar-refractivity contribution in [3.05, 3.63) is 81.4 Å². The lowest BCUT2D eigenvalue weighted by atomic mass is 9.68. The van der Waals surface area contributed by atoms with E-state index in [1.54, 1.807) is 0 Å². The van der Waals surface area contributed by atoms with Crippen molar-refractivity contribution in [1.29, 1.82) is 0 Å². The van der Waals surface area contributed by atoms with Crippen molar-refractivity contribution in [2.45, 2.75) is 127 Å². The molecule has 1 aromatic carbocycles. The Balaban J connectivity index is 1.36. The number of aliphatic hydroxyl groups is 1. The number of pyridine rings is 1. The summed E-state index contributed by atoms with van der Waals surface area (Å²) in [4.78, 5) is 15.8. The second-order valence-electron chi connectivity index (χ2n) is 15.5. The molecule has 2 aromatic heterocycles. The van der Waals surface area contributed by atoms with Gasteiger partial charge in [0, 0.05) is 67.5 Å². The lowest BCUT2D eigenvalue weighted by Crippen LogP contribution is -2.36. The molecule has 2 fully saturated rings.